The molecule has 2 unspecified atom stereocenters. The topological polar surface area (TPSA) is 47.0 Å². The number of benzene rings is 1. The second kappa shape index (κ2) is 4.49. The Kier molecular flexibility index (Phi) is 2.83. The van der Waals surface area contributed by atoms with Gasteiger partial charge >= 0.3 is 0 Å². The van der Waals surface area contributed by atoms with E-state index in [9.17, 15) is 4.39 Å². The van der Waals surface area contributed by atoms with Crippen molar-refractivity contribution in [3.63, 3.8) is 0 Å². The van der Waals surface area contributed by atoms with Crippen LogP contribution >= 0.6 is 0 Å². The lowest BCUT2D eigenvalue weighted by molar-refractivity contribution is 0.173. The Morgan fingerprint density at radius 2 is 2.00 bits per heavy atom. The van der Waals surface area contributed by atoms with Crippen LogP contribution in [0, 0.1) is 6.92 Å². The Hall–Kier alpha value is -1.75. The number of halogens is 1. The predicted molar refractivity (Wildman–Crippen MR) is 67.4 cm³/mol. The van der Waals surface area contributed by atoms with Crippen molar-refractivity contribution in [1.29, 1.82) is 0 Å². The Balaban J connectivity index is 1.99. The van der Waals surface area contributed by atoms with Crippen molar-refractivity contribution in [3.8, 4) is 0 Å². The number of anilines is 1. The largest absolute Gasteiger partial charge is 0.376 e. The number of hydrogen-bond acceptors (Lipinski definition) is 4. The molecular weight excluding hydrogens is 233 g/mol. The molecule has 0 saturated carbocycles. The minimum atomic E-state index is -0.994. The highest BCUT2D eigenvalue weighted by Gasteiger charge is 2.28. The van der Waals surface area contributed by atoms with Gasteiger partial charge < -0.3 is 10.1 Å². The van der Waals surface area contributed by atoms with Crippen molar-refractivity contribution in [1.82, 2.24) is 10.2 Å². The van der Waals surface area contributed by atoms with Gasteiger partial charge in [-0.05, 0) is 6.92 Å². The average molecular weight is 247 g/mol. The number of nitrogens with one attached hydrogen (secondary N) is 1. The van der Waals surface area contributed by atoms with Gasteiger partial charge in [0.2, 0.25) is 0 Å². The maximum atomic E-state index is 13.5. The number of hydrogen-bond donors (Lipinski definition) is 1. The molecule has 94 valence electrons. The van der Waals surface area contributed by atoms with Gasteiger partial charge in [0.05, 0.1) is 24.9 Å². The highest BCUT2D eigenvalue weighted by Crippen LogP contribution is 2.24. The Morgan fingerprint density at radius 1 is 1.22 bits per heavy atom. The van der Waals surface area contributed by atoms with Gasteiger partial charge in [-0.2, -0.15) is 5.10 Å². The molecule has 0 radical (unpaired) electrons. The first-order valence-corrected chi connectivity index (χ1v) is 5.96. The summed E-state index contributed by atoms with van der Waals surface area (Å²) >= 11 is 0. The van der Waals surface area contributed by atoms with Crippen LogP contribution in [0.3, 0.4) is 0 Å². The number of aromatic nitrogens is 2. The maximum absolute atomic E-state index is 13.5. The summed E-state index contributed by atoms with van der Waals surface area (Å²) < 4.78 is 18.6. The SMILES string of the molecule is Cc1nnc(NC2COCC2F)c2ccccc12. The fourth-order valence-corrected chi connectivity index (χ4v) is 2.18. The molecular formula is C13H14FN3O. The summed E-state index contributed by atoms with van der Waals surface area (Å²) in [6.07, 6.45) is -0.994. The minimum absolute atomic E-state index is 0.148. The fraction of sp³-hybridized carbons (Fsp3) is 0.385. The number of nitrogens with zero attached hydrogens (tertiary/aromatic N) is 2. The van der Waals surface area contributed by atoms with E-state index in [-0.39, 0.29) is 12.6 Å². The third-order valence-electron chi connectivity index (χ3n) is 3.21. The molecule has 4 nitrogen and oxygen atoms in total. The molecule has 1 aliphatic rings. The second-order valence-corrected chi connectivity index (χ2v) is 4.48. The van der Waals surface area contributed by atoms with Crippen LogP contribution in [0.15, 0.2) is 24.3 Å². The summed E-state index contributed by atoms with van der Waals surface area (Å²) in [6, 6.07) is 7.50. The van der Waals surface area contributed by atoms with E-state index >= 15 is 0 Å². The summed E-state index contributed by atoms with van der Waals surface area (Å²) in [7, 11) is 0. The highest BCUT2D eigenvalue weighted by atomic mass is 19.1. The standard InChI is InChI=1S/C13H14FN3O/c1-8-9-4-2-3-5-10(9)13(17-16-8)15-12-7-18-6-11(12)14/h2-5,11-12H,6-7H2,1H3,(H,15,17). The second-order valence-electron chi connectivity index (χ2n) is 4.48. The molecule has 0 bridgehead atoms. The quantitative estimate of drug-likeness (QED) is 0.882. The minimum Gasteiger partial charge on any atom is -0.376 e. The van der Waals surface area contributed by atoms with E-state index in [1.165, 1.54) is 0 Å². The molecule has 1 aromatic heterocycles. The van der Waals surface area contributed by atoms with Gasteiger partial charge in [-0.1, -0.05) is 24.3 Å². The first-order valence-electron chi connectivity index (χ1n) is 5.96. The van der Waals surface area contributed by atoms with Crippen LogP contribution in [0.5, 0.6) is 0 Å². The van der Waals surface area contributed by atoms with Crippen LogP contribution in [0.2, 0.25) is 0 Å². The summed E-state index contributed by atoms with van der Waals surface area (Å²) in [5, 5.41) is 13.3. The number of alkyl halides is 1. The van der Waals surface area contributed by atoms with E-state index in [4.69, 9.17) is 4.74 Å². The van der Waals surface area contributed by atoms with E-state index in [0.29, 0.717) is 12.4 Å². The third-order valence-corrected chi connectivity index (χ3v) is 3.21. The molecule has 2 atom stereocenters. The van der Waals surface area contributed by atoms with E-state index in [1.807, 2.05) is 31.2 Å². The van der Waals surface area contributed by atoms with E-state index in [1.54, 1.807) is 0 Å². The van der Waals surface area contributed by atoms with Crippen LogP contribution in [0.1, 0.15) is 5.69 Å². The Labute approximate surface area is 104 Å². The zero-order valence-electron chi connectivity index (χ0n) is 10.1. The van der Waals surface area contributed by atoms with Crippen molar-refractivity contribution in [2.75, 3.05) is 18.5 Å². The van der Waals surface area contributed by atoms with Crippen molar-refractivity contribution >= 4 is 16.6 Å². The van der Waals surface area contributed by atoms with Crippen molar-refractivity contribution in [2.24, 2.45) is 0 Å². The molecule has 0 amide bonds. The summed E-state index contributed by atoms with van der Waals surface area (Å²) in [5.74, 6) is 0.620. The summed E-state index contributed by atoms with van der Waals surface area (Å²) in [5.41, 5.74) is 0.871. The number of aryl methyl sites for hydroxylation is 1. The molecule has 18 heavy (non-hydrogen) atoms. The Bertz CT molecular complexity index is 575. The molecule has 0 spiro atoms. The lowest BCUT2D eigenvalue weighted by Gasteiger charge is -2.15. The van der Waals surface area contributed by atoms with E-state index in [2.05, 4.69) is 15.5 Å². The smallest absolute Gasteiger partial charge is 0.156 e. The van der Waals surface area contributed by atoms with Gasteiger partial charge in [0.25, 0.3) is 0 Å². The normalized spacial score (nSPS) is 23.4. The molecule has 1 N–H and O–H groups in total. The summed E-state index contributed by atoms with van der Waals surface area (Å²) in [6.45, 7) is 2.43. The molecule has 0 aliphatic carbocycles. The van der Waals surface area contributed by atoms with Crippen LogP contribution in [0.25, 0.3) is 10.8 Å². The van der Waals surface area contributed by atoms with Crippen LogP contribution in [0.4, 0.5) is 10.2 Å². The van der Waals surface area contributed by atoms with Crippen LogP contribution in [-0.2, 0) is 4.74 Å². The lowest BCUT2D eigenvalue weighted by Crippen LogP contribution is -2.29. The van der Waals surface area contributed by atoms with Gasteiger partial charge in [-0.15, -0.1) is 5.10 Å². The average Bonchev–Trinajstić information content (AvgIpc) is 2.79. The van der Waals surface area contributed by atoms with Gasteiger partial charge in [0.15, 0.2) is 5.82 Å². The van der Waals surface area contributed by atoms with Gasteiger partial charge in [0.1, 0.15) is 6.17 Å². The fourth-order valence-electron chi connectivity index (χ4n) is 2.18. The van der Waals surface area contributed by atoms with Gasteiger partial charge in [-0.25, -0.2) is 4.39 Å². The molecule has 2 heterocycles. The Morgan fingerprint density at radius 3 is 2.72 bits per heavy atom. The molecule has 1 aromatic carbocycles. The third kappa shape index (κ3) is 1.90. The van der Waals surface area contributed by atoms with Crippen LogP contribution < -0.4 is 5.32 Å². The predicted octanol–water partition coefficient (Wildman–Crippen LogP) is 2.09. The van der Waals surface area contributed by atoms with E-state index in [0.717, 1.165) is 16.5 Å². The van der Waals surface area contributed by atoms with Crippen molar-refractivity contribution in [2.45, 2.75) is 19.1 Å². The van der Waals surface area contributed by atoms with E-state index < -0.39 is 6.17 Å². The first-order chi connectivity index (χ1) is 8.75. The van der Waals surface area contributed by atoms with Gasteiger partial charge in [-0.3, -0.25) is 0 Å². The summed E-state index contributed by atoms with van der Waals surface area (Å²) in [4.78, 5) is 0. The molecule has 5 heteroatoms. The zero-order chi connectivity index (χ0) is 12.5. The number of fused-ring (bicyclic) bond motifs is 1. The first kappa shape index (κ1) is 11.3. The molecule has 1 saturated heterocycles. The molecule has 1 aliphatic heterocycles. The molecule has 1 fully saturated rings. The maximum Gasteiger partial charge on any atom is 0.156 e. The lowest BCUT2D eigenvalue weighted by atomic mass is 10.1. The zero-order valence-corrected chi connectivity index (χ0v) is 10.1. The van der Waals surface area contributed by atoms with Crippen LogP contribution in [-0.4, -0.2) is 35.6 Å². The van der Waals surface area contributed by atoms with Gasteiger partial charge in [0, 0.05) is 10.8 Å². The van der Waals surface area contributed by atoms with Crippen molar-refractivity contribution in [3.05, 3.63) is 30.0 Å². The molecule has 3 rings (SSSR count). The number of rotatable bonds is 2. The highest BCUT2D eigenvalue weighted by molar-refractivity contribution is 5.92. The number of ether oxygens (including phenoxy) is 1. The monoisotopic (exact) mass is 247 g/mol. The molecule has 2 aromatic rings. The van der Waals surface area contributed by atoms with Crippen molar-refractivity contribution < 1.29 is 9.13 Å².